The van der Waals surface area contributed by atoms with Gasteiger partial charge in [0.25, 0.3) is 0 Å². The monoisotopic (exact) mass is 297 g/mol. The highest BCUT2D eigenvalue weighted by molar-refractivity contribution is 9.10. The molecule has 1 aromatic carbocycles. The average Bonchev–Trinajstić information content (AvgIpc) is 3.10. The number of halogens is 1. The molecular formula is C14H20BrNO. The Morgan fingerprint density at radius 2 is 2.24 bits per heavy atom. The lowest BCUT2D eigenvalue weighted by Gasteiger charge is -2.14. The van der Waals surface area contributed by atoms with Gasteiger partial charge in [-0.1, -0.05) is 18.9 Å². The molecule has 0 saturated heterocycles. The van der Waals surface area contributed by atoms with Crippen LogP contribution in [-0.2, 0) is 6.54 Å². The van der Waals surface area contributed by atoms with Crippen molar-refractivity contribution in [1.82, 2.24) is 5.32 Å². The van der Waals surface area contributed by atoms with E-state index in [-0.39, 0.29) is 0 Å². The van der Waals surface area contributed by atoms with Crippen molar-refractivity contribution in [2.75, 3.05) is 7.11 Å². The molecule has 0 radical (unpaired) electrons. The SMILES string of the molecule is COc1ccc(CNC(C)CC2CC2)cc1Br. The molecule has 2 nitrogen and oxygen atoms in total. The molecule has 1 atom stereocenters. The van der Waals surface area contributed by atoms with Crippen LogP contribution < -0.4 is 10.1 Å². The van der Waals surface area contributed by atoms with Crippen molar-refractivity contribution in [3.63, 3.8) is 0 Å². The zero-order valence-corrected chi connectivity index (χ0v) is 12.1. The molecule has 1 aliphatic carbocycles. The fourth-order valence-corrected chi connectivity index (χ4v) is 2.64. The van der Waals surface area contributed by atoms with Crippen molar-refractivity contribution in [3.8, 4) is 5.75 Å². The molecule has 3 heteroatoms. The van der Waals surface area contributed by atoms with Gasteiger partial charge in [0.1, 0.15) is 5.75 Å². The maximum absolute atomic E-state index is 5.22. The summed E-state index contributed by atoms with van der Waals surface area (Å²) < 4.78 is 6.24. The van der Waals surface area contributed by atoms with E-state index in [9.17, 15) is 0 Å². The highest BCUT2D eigenvalue weighted by Gasteiger charge is 2.23. The maximum Gasteiger partial charge on any atom is 0.133 e. The molecular weight excluding hydrogens is 278 g/mol. The van der Waals surface area contributed by atoms with E-state index in [1.165, 1.54) is 24.8 Å². The summed E-state index contributed by atoms with van der Waals surface area (Å²) in [6.07, 6.45) is 4.18. The molecule has 1 unspecified atom stereocenters. The van der Waals surface area contributed by atoms with Crippen molar-refractivity contribution >= 4 is 15.9 Å². The van der Waals surface area contributed by atoms with E-state index in [1.807, 2.05) is 6.07 Å². The second kappa shape index (κ2) is 5.87. The standard InChI is InChI=1S/C14H20BrNO/c1-10(7-11-3-4-11)16-9-12-5-6-14(17-2)13(15)8-12/h5-6,8,10-11,16H,3-4,7,9H2,1-2H3. The number of ether oxygens (including phenoxy) is 1. The fraction of sp³-hybridized carbons (Fsp3) is 0.571. The predicted molar refractivity (Wildman–Crippen MR) is 74.3 cm³/mol. The minimum Gasteiger partial charge on any atom is -0.496 e. The average molecular weight is 298 g/mol. The molecule has 1 aliphatic rings. The highest BCUT2D eigenvalue weighted by Crippen LogP contribution is 2.33. The van der Waals surface area contributed by atoms with Crippen LogP contribution in [0.2, 0.25) is 0 Å². The largest absolute Gasteiger partial charge is 0.496 e. The minimum atomic E-state index is 0.614. The Bertz CT molecular complexity index is 376. The molecule has 1 saturated carbocycles. The Kier molecular flexibility index (Phi) is 4.46. The van der Waals surface area contributed by atoms with Gasteiger partial charge in [0.2, 0.25) is 0 Å². The molecule has 0 heterocycles. The van der Waals surface area contributed by atoms with E-state index < -0.39 is 0 Å². The van der Waals surface area contributed by atoms with E-state index in [1.54, 1.807) is 7.11 Å². The van der Waals surface area contributed by atoms with E-state index in [0.29, 0.717) is 6.04 Å². The van der Waals surface area contributed by atoms with Gasteiger partial charge in [-0.05, 0) is 52.9 Å². The summed E-state index contributed by atoms with van der Waals surface area (Å²) in [6.45, 7) is 3.20. The lowest BCUT2D eigenvalue weighted by molar-refractivity contribution is 0.411. The topological polar surface area (TPSA) is 21.3 Å². The first kappa shape index (κ1) is 12.9. The zero-order valence-electron chi connectivity index (χ0n) is 10.5. The minimum absolute atomic E-state index is 0.614. The van der Waals surface area contributed by atoms with Crippen LogP contribution in [0.1, 0.15) is 31.7 Å². The number of rotatable bonds is 6. The summed E-state index contributed by atoms with van der Waals surface area (Å²) in [5.74, 6) is 1.87. The Hall–Kier alpha value is -0.540. The van der Waals surface area contributed by atoms with Crippen LogP contribution in [0.15, 0.2) is 22.7 Å². The van der Waals surface area contributed by atoms with Crippen LogP contribution in [0, 0.1) is 5.92 Å². The molecule has 1 aromatic rings. The van der Waals surface area contributed by atoms with Gasteiger partial charge < -0.3 is 10.1 Å². The maximum atomic E-state index is 5.22. The third-order valence-electron chi connectivity index (χ3n) is 3.25. The Labute approximate surface area is 112 Å². The van der Waals surface area contributed by atoms with Crippen molar-refractivity contribution < 1.29 is 4.74 Å². The van der Waals surface area contributed by atoms with E-state index >= 15 is 0 Å². The van der Waals surface area contributed by atoms with Crippen LogP contribution in [-0.4, -0.2) is 13.2 Å². The molecule has 2 rings (SSSR count). The number of nitrogens with one attached hydrogen (secondary N) is 1. The number of benzene rings is 1. The summed E-state index contributed by atoms with van der Waals surface area (Å²) in [4.78, 5) is 0. The van der Waals surface area contributed by atoms with Crippen molar-refractivity contribution in [1.29, 1.82) is 0 Å². The Balaban J connectivity index is 1.83. The van der Waals surface area contributed by atoms with Gasteiger partial charge in [0, 0.05) is 12.6 Å². The lowest BCUT2D eigenvalue weighted by Crippen LogP contribution is -2.25. The first-order valence-electron chi connectivity index (χ1n) is 6.25. The summed E-state index contributed by atoms with van der Waals surface area (Å²) >= 11 is 3.51. The van der Waals surface area contributed by atoms with Crippen LogP contribution in [0.5, 0.6) is 5.75 Å². The lowest BCUT2D eigenvalue weighted by atomic mass is 10.1. The van der Waals surface area contributed by atoms with Gasteiger partial charge in [0.05, 0.1) is 11.6 Å². The van der Waals surface area contributed by atoms with Gasteiger partial charge in [-0.15, -0.1) is 0 Å². The Morgan fingerprint density at radius 3 is 2.82 bits per heavy atom. The first-order valence-corrected chi connectivity index (χ1v) is 7.04. The van der Waals surface area contributed by atoms with Gasteiger partial charge in [0.15, 0.2) is 0 Å². The summed E-state index contributed by atoms with van der Waals surface area (Å²) in [5, 5.41) is 3.57. The third-order valence-corrected chi connectivity index (χ3v) is 3.87. The fourth-order valence-electron chi connectivity index (χ4n) is 2.05. The van der Waals surface area contributed by atoms with Crippen LogP contribution in [0.4, 0.5) is 0 Å². The van der Waals surface area contributed by atoms with E-state index in [0.717, 1.165) is 22.7 Å². The smallest absolute Gasteiger partial charge is 0.133 e. The molecule has 0 bridgehead atoms. The van der Waals surface area contributed by atoms with Crippen molar-refractivity contribution in [2.24, 2.45) is 5.92 Å². The second-order valence-electron chi connectivity index (χ2n) is 4.93. The molecule has 0 aromatic heterocycles. The number of hydrogen-bond acceptors (Lipinski definition) is 2. The van der Waals surface area contributed by atoms with Crippen molar-refractivity contribution in [3.05, 3.63) is 28.2 Å². The quantitative estimate of drug-likeness (QED) is 0.864. The molecule has 0 amide bonds. The summed E-state index contributed by atoms with van der Waals surface area (Å²) in [7, 11) is 1.69. The molecule has 0 aliphatic heterocycles. The van der Waals surface area contributed by atoms with E-state index in [4.69, 9.17) is 4.74 Å². The molecule has 94 valence electrons. The zero-order chi connectivity index (χ0) is 12.3. The molecule has 0 spiro atoms. The highest BCUT2D eigenvalue weighted by atomic mass is 79.9. The molecule has 17 heavy (non-hydrogen) atoms. The molecule has 1 fully saturated rings. The first-order chi connectivity index (χ1) is 8.19. The van der Waals surface area contributed by atoms with Gasteiger partial charge >= 0.3 is 0 Å². The Morgan fingerprint density at radius 1 is 1.47 bits per heavy atom. The van der Waals surface area contributed by atoms with Gasteiger partial charge in [-0.25, -0.2) is 0 Å². The number of methoxy groups -OCH3 is 1. The molecule has 1 N–H and O–H groups in total. The second-order valence-corrected chi connectivity index (χ2v) is 5.78. The summed E-state index contributed by atoms with van der Waals surface area (Å²) in [6, 6.07) is 6.85. The van der Waals surface area contributed by atoms with Crippen LogP contribution in [0.3, 0.4) is 0 Å². The van der Waals surface area contributed by atoms with Crippen LogP contribution >= 0.6 is 15.9 Å². The van der Waals surface area contributed by atoms with Gasteiger partial charge in [-0.2, -0.15) is 0 Å². The van der Waals surface area contributed by atoms with Gasteiger partial charge in [-0.3, -0.25) is 0 Å². The predicted octanol–water partition coefficient (Wildman–Crippen LogP) is 3.74. The van der Waals surface area contributed by atoms with E-state index in [2.05, 4.69) is 40.3 Å². The van der Waals surface area contributed by atoms with Crippen LogP contribution in [0.25, 0.3) is 0 Å². The normalized spacial score (nSPS) is 16.9. The van der Waals surface area contributed by atoms with Crippen molar-refractivity contribution in [2.45, 2.75) is 38.8 Å². The number of hydrogen-bond donors (Lipinski definition) is 1. The summed E-state index contributed by atoms with van der Waals surface area (Å²) in [5.41, 5.74) is 1.29. The third kappa shape index (κ3) is 4.00.